The molecule has 0 radical (unpaired) electrons. The van der Waals surface area contributed by atoms with Gasteiger partial charge >= 0.3 is 0 Å². The number of thiol groups is 1. The maximum atomic E-state index is 13.0. The molecule has 1 unspecified atom stereocenters. The minimum atomic E-state index is -1.13. The Labute approximate surface area is 286 Å². The molecule has 0 saturated heterocycles. The lowest BCUT2D eigenvalue weighted by Gasteiger charge is -2.22. The Hall–Kier alpha value is -3.64. The zero-order valence-corrected chi connectivity index (χ0v) is 28.1. The van der Waals surface area contributed by atoms with E-state index in [1.807, 2.05) is 11.7 Å². The normalized spacial score (nSPS) is 12.4. The second-order valence-electron chi connectivity index (χ2n) is 9.63. The van der Waals surface area contributed by atoms with Gasteiger partial charge in [0.1, 0.15) is 18.6 Å². The molecule has 16 nitrogen and oxygen atoms in total. The quantitative estimate of drug-likeness (QED) is 0.0145. The van der Waals surface area contributed by atoms with E-state index in [-0.39, 0.29) is 24.5 Å². The topological polar surface area (TPSA) is 235 Å². The van der Waals surface area contributed by atoms with Gasteiger partial charge in [-0.3, -0.25) is 43.5 Å². The van der Waals surface area contributed by atoms with Gasteiger partial charge < -0.3 is 26.1 Å². The molecular formula is C28H39N7O9S3. The minimum Gasteiger partial charge on any atom is -0.347 e. The van der Waals surface area contributed by atoms with Gasteiger partial charge in [0.25, 0.3) is 5.91 Å². The summed E-state index contributed by atoms with van der Waals surface area (Å²) in [6.45, 7) is -1.94. The Morgan fingerprint density at radius 3 is 2.26 bits per heavy atom. The summed E-state index contributed by atoms with van der Waals surface area (Å²) in [7, 11) is 0. The highest BCUT2D eigenvalue weighted by Crippen LogP contribution is 2.07. The molecule has 0 bridgehead atoms. The van der Waals surface area contributed by atoms with E-state index in [9.17, 15) is 38.8 Å². The summed E-state index contributed by atoms with van der Waals surface area (Å²) < 4.78 is 2.64. The molecule has 0 aliphatic heterocycles. The van der Waals surface area contributed by atoms with Crippen molar-refractivity contribution in [3.8, 4) is 12.3 Å². The van der Waals surface area contributed by atoms with Crippen LogP contribution in [0, 0.1) is 12.3 Å². The Balaban J connectivity index is 2.66. The molecular weight excluding hydrogens is 675 g/mol. The molecule has 0 saturated carbocycles. The van der Waals surface area contributed by atoms with Crippen LogP contribution in [-0.2, 0) is 40.0 Å². The summed E-state index contributed by atoms with van der Waals surface area (Å²) >= 11 is 6.29. The highest BCUT2D eigenvalue weighted by atomic mass is 32.2. The molecule has 3 atom stereocenters. The first-order valence-electron chi connectivity index (χ1n) is 14.0. The van der Waals surface area contributed by atoms with Crippen molar-refractivity contribution in [1.82, 2.24) is 36.5 Å². The summed E-state index contributed by atoms with van der Waals surface area (Å²) in [5.74, 6) is -3.04. The molecule has 1 aromatic carbocycles. The van der Waals surface area contributed by atoms with E-state index in [4.69, 9.17) is 11.6 Å². The van der Waals surface area contributed by atoms with E-state index in [1.165, 1.54) is 17.2 Å². The maximum absolute atomic E-state index is 13.0. The van der Waals surface area contributed by atoms with Crippen LogP contribution in [0.4, 0.5) is 0 Å². The molecule has 47 heavy (non-hydrogen) atoms. The van der Waals surface area contributed by atoms with E-state index < -0.39 is 78.9 Å². The molecule has 1 rings (SSSR count). The van der Waals surface area contributed by atoms with E-state index >= 15 is 0 Å². The van der Waals surface area contributed by atoms with Crippen LogP contribution >= 0.6 is 36.3 Å². The van der Waals surface area contributed by atoms with Crippen molar-refractivity contribution in [2.45, 2.75) is 31.0 Å². The van der Waals surface area contributed by atoms with Crippen molar-refractivity contribution in [2.75, 3.05) is 49.7 Å². The maximum Gasteiger partial charge on any atom is 0.262 e. The van der Waals surface area contributed by atoms with Crippen LogP contribution in [0.2, 0.25) is 0 Å². The first-order chi connectivity index (χ1) is 22.5. The molecule has 0 fully saturated rings. The van der Waals surface area contributed by atoms with Gasteiger partial charge in [-0.25, -0.2) is 5.48 Å². The van der Waals surface area contributed by atoms with Gasteiger partial charge in [0.2, 0.25) is 35.2 Å². The molecule has 0 aliphatic carbocycles. The monoisotopic (exact) mass is 713 g/mol. The molecule has 0 aromatic heterocycles. The van der Waals surface area contributed by atoms with Crippen LogP contribution in [0.1, 0.15) is 12.0 Å². The number of Topliss-reactive ketones (excluding diaryl/α,β-unsaturated/α-hetero) is 2. The fourth-order valence-corrected chi connectivity index (χ4v) is 5.29. The number of hydrogen-bond acceptors (Lipinski definition) is 14. The van der Waals surface area contributed by atoms with E-state index in [2.05, 4.69) is 39.2 Å². The molecule has 8 N–H and O–H groups in total. The second-order valence-corrected chi connectivity index (χ2v) is 11.8. The van der Waals surface area contributed by atoms with Crippen LogP contribution in [0.3, 0.4) is 0 Å². The number of carbonyl (C=O) groups excluding carboxylic acids is 7. The van der Waals surface area contributed by atoms with Gasteiger partial charge in [0.05, 0.1) is 31.4 Å². The zero-order chi connectivity index (χ0) is 35.2. The number of hydroxylamine groups is 2. The molecule has 0 aliphatic rings. The van der Waals surface area contributed by atoms with E-state index in [0.29, 0.717) is 12.2 Å². The van der Waals surface area contributed by atoms with Gasteiger partial charge in [0, 0.05) is 12.2 Å². The van der Waals surface area contributed by atoms with E-state index in [1.54, 1.807) is 30.3 Å². The number of nitrogens with zero attached hydrogens (tertiary/aromatic N) is 1. The lowest BCUT2D eigenvalue weighted by Crippen LogP contribution is -2.54. The van der Waals surface area contributed by atoms with Crippen molar-refractivity contribution in [2.24, 2.45) is 0 Å². The number of hydrogen-bond donors (Lipinski definition) is 9. The highest BCUT2D eigenvalue weighted by Gasteiger charge is 2.27. The molecule has 5 amide bonds. The van der Waals surface area contributed by atoms with Crippen molar-refractivity contribution < 1.29 is 44.0 Å². The second kappa shape index (κ2) is 23.6. The average molecular weight is 714 g/mol. The Bertz CT molecular complexity index is 1270. The largest absolute Gasteiger partial charge is 0.347 e. The smallest absolute Gasteiger partial charge is 0.262 e. The summed E-state index contributed by atoms with van der Waals surface area (Å²) in [5.41, 5.74) is 4.06. The van der Waals surface area contributed by atoms with Crippen LogP contribution in [0.15, 0.2) is 30.3 Å². The minimum absolute atomic E-state index is 0.0926. The van der Waals surface area contributed by atoms with Gasteiger partial charge in [-0.15, -0.1) is 6.42 Å². The molecule has 19 heteroatoms. The predicted octanol–water partition coefficient (Wildman–Crippen LogP) is -2.31. The lowest BCUT2D eigenvalue weighted by molar-refractivity contribution is -0.137. The standard InChI is InChI=1S/C28H39N7O9S3/c1-3-10-35(15-24(38)33-44)25(39)17-47-34-21(16-45)26(40)22(36)13-29-23(37)14-30-27(41)20(12-18-7-5-4-6-8-18)31-28(42)19(32-43)9-11-46-2/h1,4-8,19-21,32,34,43-45H,9-17H2,2H3,(H,29,37)(H,30,41)(H,31,42)(H,33,38)/t19?,20-,21-/m0/s1. The molecule has 258 valence electrons. The number of benzene rings is 1. The first kappa shape index (κ1) is 41.4. The number of terminal acetylenes is 1. The molecule has 1 aromatic rings. The summed E-state index contributed by atoms with van der Waals surface area (Å²) in [4.78, 5) is 87.8. The Morgan fingerprint density at radius 1 is 0.957 bits per heavy atom. The van der Waals surface area contributed by atoms with Crippen molar-refractivity contribution in [3.05, 3.63) is 35.9 Å². The number of nitrogens with one attached hydrogen (secondary N) is 6. The van der Waals surface area contributed by atoms with Crippen LogP contribution in [0.5, 0.6) is 0 Å². The van der Waals surface area contributed by atoms with Crippen molar-refractivity contribution in [3.63, 3.8) is 0 Å². The number of carbonyl (C=O) groups is 7. The zero-order valence-electron chi connectivity index (χ0n) is 25.5. The fourth-order valence-electron chi connectivity index (χ4n) is 3.65. The van der Waals surface area contributed by atoms with Gasteiger partial charge in [0.15, 0.2) is 0 Å². The summed E-state index contributed by atoms with van der Waals surface area (Å²) in [6.07, 6.45) is 7.43. The highest BCUT2D eigenvalue weighted by molar-refractivity contribution is 7.98. The lowest BCUT2D eigenvalue weighted by atomic mass is 10.0. The van der Waals surface area contributed by atoms with Gasteiger partial charge in [-0.1, -0.05) is 48.2 Å². The van der Waals surface area contributed by atoms with E-state index in [0.717, 1.165) is 22.4 Å². The van der Waals surface area contributed by atoms with Crippen LogP contribution < -0.4 is 31.6 Å². The summed E-state index contributed by atoms with van der Waals surface area (Å²) in [5, 5.41) is 25.3. The number of ketones is 2. The number of rotatable bonds is 23. The van der Waals surface area contributed by atoms with Gasteiger partial charge in [-0.05, 0) is 24.0 Å². The number of amides is 5. The summed E-state index contributed by atoms with van der Waals surface area (Å²) in [6, 6.07) is 5.64. The van der Waals surface area contributed by atoms with Crippen LogP contribution in [-0.4, -0.2) is 124 Å². The Kier molecular flexibility index (Phi) is 20.8. The Morgan fingerprint density at radius 2 is 1.66 bits per heavy atom. The predicted molar refractivity (Wildman–Crippen MR) is 178 cm³/mol. The third-order valence-corrected chi connectivity index (χ3v) is 8.01. The van der Waals surface area contributed by atoms with Crippen molar-refractivity contribution >= 4 is 77.4 Å². The average Bonchev–Trinajstić information content (AvgIpc) is 3.07. The van der Waals surface area contributed by atoms with Gasteiger partial charge in [-0.2, -0.15) is 29.9 Å². The molecule has 0 spiro atoms. The number of thioether (sulfide) groups is 1. The molecule has 0 heterocycles. The fraction of sp³-hybridized carbons (Fsp3) is 0.464. The first-order valence-corrected chi connectivity index (χ1v) is 17.0. The third-order valence-electron chi connectivity index (χ3n) is 6.16. The van der Waals surface area contributed by atoms with Crippen LogP contribution in [0.25, 0.3) is 0 Å². The van der Waals surface area contributed by atoms with Crippen molar-refractivity contribution in [1.29, 1.82) is 0 Å². The SMILES string of the molecule is C#CCN(CC(=O)NO)C(=O)CSN[C@@H](CS)C(=O)C(=O)CNC(=O)CNC(=O)[C@H](Cc1ccccc1)NC(=O)C(CCSC)NO. The third kappa shape index (κ3) is 16.2.